The molecule has 0 aromatic heterocycles. The number of nitrogens with zero attached hydrogens (tertiary/aromatic N) is 1. The third-order valence-electron chi connectivity index (χ3n) is 4.86. The molecule has 1 unspecified atom stereocenters. The van der Waals surface area contributed by atoms with Gasteiger partial charge >= 0.3 is 0 Å². The van der Waals surface area contributed by atoms with Crippen LogP contribution >= 0.6 is 23.2 Å². The van der Waals surface area contributed by atoms with Crippen molar-refractivity contribution in [3.63, 3.8) is 0 Å². The fraction of sp³-hybridized carbons (Fsp3) is 0.625. The minimum absolute atomic E-state index is 0.130. The fourth-order valence-electron chi connectivity index (χ4n) is 3.78. The lowest BCUT2D eigenvalue weighted by molar-refractivity contribution is 0.0596. The van der Waals surface area contributed by atoms with Gasteiger partial charge in [-0.25, -0.2) is 0 Å². The van der Waals surface area contributed by atoms with E-state index in [4.69, 9.17) is 23.2 Å². The van der Waals surface area contributed by atoms with Crippen LogP contribution in [0.25, 0.3) is 0 Å². The van der Waals surface area contributed by atoms with Gasteiger partial charge in [0.05, 0.1) is 5.02 Å². The summed E-state index contributed by atoms with van der Waals surface area (Å²) in [7, 11) is 0. The van der Waals surface area contributed by atoms with Gasteiger partial charge in [-0.15, -0.1) is 0 Å². The molecule has 0 radical (unpaired) electrons. The van der Waals surface area contributed by atoms with Crippen molar-refractivity contribution in [2.75, 3.05) is 26.2 Å². The van der Waals surface area contributed by atoms with Gasteiger partial charge < -0.3 is 10.4 Å². The largest absolute Gasteiger partial charge is 0.506 e. The van der Waals surface area contributed by atoms with Crippen molar-refractivity contribution in [1.82, 2.24) is 10.2 Å². The lowest BCUT2D eigenvalue weighted by Gasteiger charge is -2.45. The molecular weight excluding hydrogens is 307 g/mol. The van der Waals surface area contributed by atoms with Crippen LogP contribution in [0.2, 0.25) is 10.0 Å². The van der Waals surface area contributed by atoms with Gasteiger partial charge in [0.25, 0.3) is 0 Å². The highest BCUT2D eigenvalue weighted by Crippen LogP contribution is 2.39. The molecule has 2 fully saturated rings. The number of hydrogen-bond donors (Lipinski definition) is 2. The second-order valence-electron chi connectivity index (χ2n) is 6.45. The van der Waals surface area contributed by atoms with Gasteiger partial charge in [0.15, 0.2) is 0 Å². The summed E-state index contributed by atoms with van der Waals surface area (Å²) in [6.07, 6.45) is 5.06. The Morgan fingerprint density at radius 1 is 1.19 bits per heavy atom. The molecule has 1 aromatic rings. The van der Waals surface area contributed by atoms with E-state index in [-0.39, 0.29) is 5.75 Å². The summed E-state index contributed by atoms with van der Waals surface area (Å²) in [5, 5.41) is 14.7. The molecule has 1 atom stereocenters. The minimum Gasteiger partial charge on any atom is -0.506 e. The molecule has 0 saturated carbocycles. The zero-order valence-electron chi connectivity index (χ0n) is 12.2. The van der Waals surface area contributed by atoms with Crippen LogP contribution in [-0.4, -0.2) is 36.2 Å². The van der Waals surface area contributed by atoms with Crippen LogP contribution in [0, 0.1) is 5.41 Å². The molecule has 2 N–H and O–H groups in total. The Balaban J connectivity index is 1.74. The molecule has 2 aliphatic heterocycles. The molecule has 1 spiro atoms. The van der Waals surface area contributed by atoms with E-state index >= 15 is 0 Å². The zero-order valence-corrected chi connectivity index (χ0v) is 13.7. The van der Waals surface area contributed by atoms with Crippen molar-refractivity contribution in [2.45, 2.75) is 32.2 Å². The van der Waals surface area contributed by atoms with Gasteiger partial charge in [-0.05, 0) is 56.3 Å². The quantitative estimate of drug-likeness (QED) is 0.869. The van der Waals surface area contributed by atoms with Crippen LogP contribution in [0.1, 0.15) is 31.2 Å². The van der Waals surface area contributed by atoms with Gasteiger partial charge in [-0.3, -0.25) is 4.90 Å². The van der Waals surface area contributed by atoms with Gasteiger partial charge in [0.2, 0.25) is 0 Å². The smallest absolute Gasteiger partial charge is 0.140 e. The summed E-state index contributed by atoms with van der Waals surface area (Å²) in [6.45, 7) is 5.06. The Labute approximate surface area is 136 Å². The number of likely N-dealkylation sites (tertiary alicyclic amines) is 1. The number of hydrogen-bond acceptors (Lipinski definition) is 3. The van der Waals surface area contributed by atoms with Gasteiger partial charge in [0, 0.05) is 30.2 Å². The minimum atomic E-state index is 0.130. The first kappa shape index (κ1) is 15.4. The number of phenolic OH excluding ortho intramolecular Hbond substituents is 1. The molecule has 0 bridgehead atoms. The number of benzene rings is 1. The van der Waals surface area contributed by atoms with Crippen LogP contribution < -0.4 is 5.32 Å². The predicted octanol–water partition coefficient (Wildman–Crippen LogP) is 3.66. The molecule has 21 heavy (non-hydrogen) atoms. The monoisotopic (exact) mass is 328 g/mol. The number of rotatable bonds is 2. The van der Waals surface area contributed by atoms with E-state index in [1.807, 2.05) is 0 Å². The first-order valence-electron chi connectivity index (χ1n) is 7.69. The van der Waals surface area contributed by atoms with Crippen LogP contribution in [0.4, 0.5) is 0 Å². The second kappa shape index (κ2) is 6.33. The maximum absolute atomic E-state index is 10.2. The van der Waals surface area contributed by atoms with Crippen LogP contribution in [0.15, 0.2) is 12.1 Å². The van der Waals surface area contributed by atoms with Crippen LogP contribution in [0.3, 0.4) is 0 Å². The molecule has 3 nitrogen and oxygen atoms in total. The number of nitrogens with one attached hydrogen (secondary N) is 1. The lowest BCUT2D eigenvalue weighted by Crippen LogP contribution is -2.50. The highest BCUT2D eigenvalue weighted by molar-refractivity contribution is 6.34. The van der Waals surface area contributed by atoms with Gasteiger partial charge in [-0.1, -0.05) is 23.2 Å². The van der Waals surface area contributed by atoms with E-state index in [1.165, 1.54) is 25.7 Å². The van der Waals surface area contributed by atoms with E-state index in [0.29, 0.717) is 22.0 Å². The Hall–Kier alpha value is -0.480. The average Bonchev–Trinajstić information content (AvgIpc) is 2.49. The topological polar surface area (TPSA) is 35.5 Å². The van der Waals surface area contributed by atoms with Crippen molar-refractivity contribution in [2.24, 2.45) is 5.41 Å². The summed E-state index contributed by atoms with van der Waals surface area (Å²) in [4.78, 5) is 2.41. The third kappa shape index (κ3) is 3.31. The van der Waals surface area contributed by atoms with Crippen LogP contribution in [-0.2, 0) is 6.54 Å². The predicted molar refractivity (Wildman–Crippen MR) is 87.2 cm³/mol. The van der Waals surface area contributed by atoms with E-state index in [2.05, 4.69) is 10.2 Å². The molecule has 0 aliphatic carbocycles. The number of piperidine rings is 2. The molecule has 2 saturated heterocycles. The summed E-state index contributed by atoms with van der Waals surface area (Å²) < 4.78 is 0. The highest BCUT2D eigenvalue weighted by Gasteiger charge is 2.36. The fourth-order valence-corrected chi connectivity index (χ4v) is 4.17. The molecule has 116 valence electrons. The molecule has 1 aromatic carbocycles. The van der Waals surface area contributed by atoms with Crippen molar-refractivity contribution >= 4 is 23.2 Å². The summed E-state index contributed by atoms with van der Waals surface area (Å²) in [6, 6.07) is 3.41. The summed E-state index contributed by atoms with van der Waals surface area (Å²) in [5.41, 5.74) is 1.15. The summed E-state index contributed by atoms with van der Waals surface area (Å²) in [5.74, 6) is 0.130. The van der Waals surface area contributed by atoms with Crippen LogP contribution in [0.5, 0.6) is 5.75 Å². The maximum atomic E-state index is 10.2. The standard InChI is InChI=1S/C16H22Cl2N2O/c17-13-3-4-14(18)15(21)12(13)9-20-8-2-6-16(11-20)5-1-7-19-10-16/h3-4,19,21H,1-2,5-11H2. The Morgan fingerprint density at radius 3 is 2.71 bits per heavy atom. The Morgan fingerprint density at radius 2 is 1.95 bits per heavy atom. The first-order valence-corrected chi connectivity index (χ1v) is 8.44. The van der Waals surface area contributed by atoms with E-state index in [9.17, 15) is 5.11 Å². The van der Waals surface area contributed by atoms with Gasteiger partial charge in [0.1, 0.15) is 5.75 Å². The normalized spacial score (nSPS) is 27.1. The van der Waals surface area contributed by atoms with E-state index < -0.39 is 0 Å². The molecule has 2 aliphatic rings. The number of aromatic hydroxyl groups is 1. The molecule has 2 heterocycles. The van der Waals surface area contributed by atoms with Gasteiger partial charge in [-0.2, -0.15) is 0 Å². The van der Waals surface area contributed by atoms with Crippen molar-refractivity contribution < 1.29 is 5.11 Å². The second-order valence-corrected chi connectivity index (χ2v) is 7.27. The van der Waals surface area contributed by atoms with E-state index in [1.54, 1.807) is 12.1 Å². The maximum Gasteiger partial charge on any atom is 0.140 e. The lowest BCUT2D eigenvalue weighted by atomic mass is 9.74. The van der Waals surface area contributed by atoms with Crippen molar-refractivity contribution in [1.29, 1.82) is 0 Å². The number of phenols is 1. The Kier molecular flexibility index (Phi) is 4.65. The first-order chi connectivity index (χ1) is 10.1. The molecular formula is C16H22Cl2N2O. The van der Waals surface area contributed by atoms with Crippen molar-refractivity contribution in [3.05, 3.63) is 27.7 Å². The SMILES string of the molecule is Oc1c(Cl)ccc(Cl)c1CN1CCCC2(CCCNC2)C1. The van der Waals surface area contributed by atoms with Crippen molar-refractivity contribution in [3.8, 4) is 5.75 Å². The third-order valence-corrected chi connectivity index (χ3v) is 5.52. The number of halogens is 2. The van der Waals surface area contributed by atoms with E-state index in [0.717, 1.165) is 31.7 Å². The summed E-state index contributed by atoms with van der Waals surface area (Å²) >= 11 is 12.2. The average molecular weight is 329 g/mol. The molecule has 3 rings (SSSR count). The Bertz CT molecular complexity index is 510. The zero-order chi connectivity index (χ0) is 14.9. The molecule has 5 heteroatoms. The highest BCUT2D eigenvalue weighted by atomic mass is 35.5. The molecule has 0 amide bonds.